The molecule has 0 atom stereocenters. The number of nitrogens with one attached hydrogen (secondary N) is 2. The molecule has 1 saturated carbocycles. The van der Waals surface area contributed by atoms with Gasteiger partial charge in [0.15, 0.2) is 0 Å². The van der Waals surface area contributed by atoms with E-state index in [0.717, 1.165) is 31.2 Å². The van der Waals surface area contributed by atoms with Crippen molar-refractivity contribution in [1.82, 2.24) is 9.97 Å². The predicted molar refractivity (Wildman–Crippen MR) is 76.3 cm³/mol. The van der Waals surface area contributed by atoms with E-state index in [-0.39, 0.29) is 0 Å². The lowest BCUT2D eigenvalue weighted by Gasteiger charge is -2.25. The van der Waals surface area contributed by atoms with Gasteiger partial charge in [-0.2, -0.15) is 4.98 Å². The van der Waals surface area contributed by atoms with Crippen LogP contribution in [-0.4, -0.2) is 23.1 Å². The van der Waals surface area contributed by atoms with Gasteiger partial charge in [0, 0.05) is 13.1 Å². The first-order chi connectivity index (χ1) is 8.79. The molecule has 0 amide bonds. The summed E-state index contributed by atoms with van der Waals surface area (Å²) in [5, 5.41) is 7.06. The Morgan fingerprint density at radius 2 is 2.17 bits per heavy atom. The zero-order valence-electron chi connectivity index (χ0n) is 10.9. The second-order valence-electron chi connectivity index (χ2n) is 4.83. The first-order valence-electron chi connectivity index (χ1n) is 6.80. The predicted octanol–water partition coefficient (Wildman–Crippen LogP) is 3.55. The van der Waals surface area contributed by atoms with Gasteiger partial charge in [-0.25, -0.2) is 4.98 Å². The maximum Gasteiger partial charge on any atom is 0.224 e. The van der Waals surface area contributed by atoms with Crippen LogP contribution >= 0.6 is 11.6 Å². The average molecular weight is 269 g/mol. The van der Waals surface area contributed by atoms with Crippen molar-refractivity contribution in [2.75, 3.05) is 23.7 Å². The van der Waals surface area contributed by atoms with Crippen LogP contribution in [0, 0.1) is 5.92 Å². The molecular formula is C13H21ClN4. The molecule has 1 aliphatic carbocycles. The molecule has 5 heteroatoms. The van der Waals surface area contributed by atoms with Crippen molar-refractivity contribution >= 4 is 23.4 Å². The fourth-order valence-electron chi connectivity index (χ4n) is 1.99. The number of hydrogen-bond donors (Lipinski definition) is 2. The summed E-state index contributed by atoms with van der Waals surface area (Å²) in [6, 6.07) is 0. The fourth-order valence-corrected chi connectivity index (χ4v) is 2.15. The molecule has 1 aromatic rings. The Hall–Kier alpha value is -1.03. The van der Waals surface area contributed by atoms with E-state index < -0.39 is 0 Å². The van der Waals surface area contributed by atoms with Crippen molar-refractivity contribution in [1.29, 1.82) is 0 Å². The van der Waals surface area contributed by atoms with Crippen LogP contribution in [0.1, 0.15) is 39.0 Å². The molecule has 0 radical (unpaired) electrons. The second-order valence-corrected chi connectivity index (χ2v) is 5.24. The van der Waals surface area contributed by atoms with Gasteiger partial charge in [0.2, 0.25) is 5.95 Å². The average Bonchev–Trinajstić information content (AvgIpc) is 2.32. The maximum atomic E-state index is 6.08. The molecule has 18 heavy (non-hydrogen) atoms. The largest absolute Gasteiger partial charge is 0.369 e. The topological polar surface area (TPSA) is 49.8 Å². The lowest BCUT2D eigenvalue weighted by Crippen LogP contribution is -2.16. The van der Waals surface area contributed by atoms with Gasteiger partial charge in [0.25, 0.3) is 0 Å². The summed E-state index contributed by atoms with van der Waals surface area (Å²) in [7, 11) is 0. The van der Waals surface area contributed by atoms with E-state index in [9.17, 15) is 0 Å². The molecule has 0 spiro atoms. The molecule has 2 rings (SSSR count). The lowest BCUT2D eigenvalue weighted by atomic mass is 9.83. The van der Waals surface area contributed by atoms with E-state index >= 15 is 0 Å². The number of halogens is 1. The smallest absolute Gasteiger partial charge is 0.224 e. The maximum absolute atomic E-state index is 6.08. The summed E-state index contributed by atoms with van der Waals surface area (Å²) in [6.45, 7) is 3.93. The minimum Gasteiger partial charge on any atom is -0.369 e. The van der Waals surface area contributed by atoms with Crippen molar-refractivity contribution in [2.45, 2.75) is 39.0 Å². The third-order valence-electron chi connectivity index (χ3n) is 3.35. The van der Waals surface area contributed by atoms with Crippen LogP contribution in [0.4, 0.5) is 11.8 Å². The zero-order chi connectivity index (χ0) is 12.8. The first kappa shape index (κ1) is 13.4. The molecule has 1 heterocycles. The highest BCUT2D eigenvalue weighted by atomic mass is 35.5. The van der Waals surface area contributed by atoms with Gasteiger partial charge >= 0.3 is 0 Å². The van der Waals surface area contributed by atoms with Crippen molar-refractivity contribution in [3.05, 3.63) is 11.2 Å². The SMILES string of the molecule is CCCNc1ncc(Cl)c(NCCC2CCC2)n1. The highest BCUT2D eigenvalue weighted by Gasteiger charge is 2.16. The third-order valence-corrected chi connectivity index (χ3v) is 3.62. The summed E-state index contributed by atoms with van der Waals surface area (Å²) in [6.07, 6.45) is 8.06. The van der Waals surface area contributed by atoms with Gasteiger partial charge in [-0.05, 0) is 18.8 Å². The monoisotopic (exact) mass is 268 g/mol. The van der Waals surface area contributed by atoms with Gasteiger partial charge in [0.05, 0.1) is 6.20 Å². The highest BCUT2D eigenvalue weighted by molar-refractivity contribution is 6.32. The molecule has 1 aliphatic rings. The van der Waals surface area contributed by atoms with E-state index in [2.05, 4.69) is 27.5 Å². The standard InChI is InChI=1S/C13H21ClN4/c1-2-7-16-13-17-9-11(14)12(18-13)15-8-6-10-4-3-5-10/h9-10H,2-8H2,1H3,(H2,15,16,17,18). The van der Waals surface area contributed by atoms with E-state index in [4.69, 9.17) is 11.6 Å². The summed E-state index contributed by atoms with van der Waals surface area (Å²) in [4.78, 5) is 8.54. The molecule has 0 aromatic carbocycles. The van der Waals surface area contributed by atoms with E-state index in [1.807, 2.05) is 0 Å². The quantitative estimate of drug-likeness (QED) is 0.794. The Morgan fingerprint density at radius 1 is 1.33 bits per heavy atom. The number of hydrogen-bond acceptors (Lipinski definition) is 4. The van der Waals surface area contributed by atoms with Gasteiger partial charge in [-0.1, -0.05) is 37.8 Å². The number of aromatic nitrogens is 2. The minimum absolute atomic E-state index is 0.589. The Labute approximate surface area is 114 Å². The molecule has 100 valence electrons. The van der Waals surface area contributed by atoms with Gasteiger partial charge in [-0.15, -0.1) is 0 Å². The molecule has 4 nitrogen and oxygen atoms in total. The van der Waals surface area contributed by atoms with Crippen molar-refractivity contribution in [2.24, 2.45) is 5.92 Å². The van der Waals surface area contributed by atoms with Crippen LogP contribution in [0.3, 0.4) is 0 Å². The molecule has 0 unspecified atom stereocenters. The summed E-state index contributed by atoms with van der Waals surface area (Å²) in [5.41, 5.74) is 0. The Kier molecular flexibility index (Phi) is 5.05. The first-order valence-corrected chi connectivity index (χ1v) is 7.17. The molecular weight excluding hydrogens is 248 g/mol. The fraction of sp³-hybridized carbons (Fsp3) is 0.692. The Balaban J connectivity index is 1.84. The van der Waals surface area contributed by atoms with E-state index in [0.29, 0.717) is 11.0 Å². The second kappa shape index (κ2) is 6.78. The van der Waals surface area contributed by atoms with E-state index in [1.54, 1.807) is 6.20 Å². The van der Waals surface area contributed by atoms with Crippen LogP contribution in [0.25, 0.3) is 0 Å². The summed E-state index contributed by atoms with van der Waals surface area (Å²) < 4.78 is 0. The highest BCUT2D eigenvalue weighted by Crippen LogP contribution is 2.29. The number of anilines is 2. The minimum atomic E-state index is 0.589. The van der Waals surface area contributed by atoms with Crippen molar-refractivity contribution < 1.29 is 0 Å². The lowest BCUT2D eigenvalue weighted by molar-refractivity contribution is 0.303. The van der Waals surface area contributed by atoms with Crippen LogP contribution in [-0.2, 0) is 0 Å². The van der Waals surface area contributed by atoms with Crippen molar-refractivity contribution in [3.63, 3.8) is 0 Å². The van der Waals surface area contributed by atoms with Gasteiger partial charge in [0.1, 0.15) is 10.8 Å². The van der Waals surface area contributed by atoms with Gasteiger partial charge < -0.3 is 10.6 Å². The van der Waals surface area contributed by atoms with Crippen LogP contribution in [0.15, 0.2) is 6.20 Å². The number of rotatable bonds is 7. The van der Waals surface area contributed by atoms with Crippen LogP contribution < -0.4 is 10.6 Å². The molecule has 1 fully saturated rings. The summed E-state index contributed by atoms with van der Waals surface area (Å²) >= 11 is 6.08. The third kappa shape index (κ3) is 3.73. The number of nitrogens with zero attached hydrogens (tertiary/aromatic N) is 2. The van der Waals surface area contributed by atoms with Crippen LogP contribution in [0.5, 0.6) is 0 Å². The molecule has 0 aliphatic heterocycles. The Morgan fingerprint density at radius 3 is 2.83 bits per heavy atom. The molecule has 0 bridgehead atoms. The molecule has 0 saturated heterocycles. The van der Waals surface area contributed by atoms with Gasteiger partial charge in [-0.3, -0.25) is 0 Å². The molecule has 2 N–H and O–H groups in total. The molecule has 1 aromatic heterocycles. The van der Waals surface area contributed by atoms with Crippen LogP contribution in [0.2, 0.25) is 5.02 Å². The summed E-state index contributed by atoms with van der Waals surface area (Å²) in [5.74, 6) is 2.28. The normalized spacial score (nSPS) is 15.2. The van der Waals surface area contributed by atoms with E-state index in [1.165, 1.54) is 25.7 Å². The zero-order valence-corrected chi connectivity index (χ0v) is 11.6. The Bertz CT molecular complexity index is 379. The van der Waals surface area contributed by atoms with Crippen molar-refractivity contribution in [3.8, 4) is 0 Å².